The van der Waals surface area contributed by atoms with Gasteiger partial charge in [0.2, 0.25) is 0 Å². The molecule has 0 radical (unpaired) electrons. The minimum atomic E-state index is -0.352. The molecule has 0 saturated carbocycles. The van der Waals surface area contributed by atoms with E-state index in [1.807, 2.05) is 30.3 Å². The van der Waals surface area contributed by atoms with Gasteiger partial charge in [0, 0.05) is 22.9 Å². The zero-order chi connectivity index (χ0) is 20.9. The molecule has 1 heterocycles. The highest BCUT2D eigenvalue weighted by atomic mass is 32.2. The number of thiazole rings is 1. The number of aromatic nitrogens is 1. The summed E-state index contributed by atoms with van der Waals surface area (Å²) in [5, 5.41) is 22.8. The van der Waals surface area contributed by atoms with Crippen LogP contribution in [-0.2, 0) is 5.75 Å². The Morgan fingerprint density at radius 3 is 2.67 bits per heavy atom. The normalized spacial score (nSPS) is 11.2. The van der Waals surface area contributed by atoms with Crippen LogP contribution in [0, 0.1) is 0 Å². The topological polar surface area (TPSA) is 94.8 Å². The summed E-state index contributed by atoms with van der Waals surface area (Å²) in [6, 6.07) is 19.5. The number of phenolic OH excluding ortho intramolecular Hbond substituents is 2. The SMILES string of the molecule is O=C(N/N=C/c1ccc(O)cc1O)c1ccc(CSc2nc3ccccc3s2)cc1. The molecule has 0 bridgehead atoms. The lowest BCUT2D eigenvalue weighted by atomic mass is 10.1. The molecule has 3 N–H and O–H groups in total. The summed E-state index contributed by atoms with van der Waals surface area (Å²) in [5.74, 6) is 0.243. The number of nitrogens with one attached hydrogen (secondary N) is 1. The van der Waals surface area contributed by atoms with E-state index >= 15 is 0 Å². The Morgan fingerprint density at radius 2 is 1.90 bits per heavy atom. The van der Waals surface area contributed by atoms with Crippen LogP contribution < -0.4 is 5.43 Å². The molecule has 1 aromatic heterocycles. The average Bonchev–Trinajstić information content (AvgIpc) is 3.17. The molecule has 3 aromatic carbocycles. The van der Waals surface area contributed by atoms with Gasteiger partial charge in [-0.15, -0.1) is 11.3 Å². The number of aromatic hydroxyl groups is 2. The minimum absolute atomic E-state index is 0.0462. The van der Waals surface area contributed by atoms with Crippen molar-refractivity contribution in [2.45, 2.75) is 10.1 Å². The Bertz CT molecular complexity index is 1190. The average molecular weight is 436 g/mol. The van der Waals surface area contributed by atoms with Gasteiger partial charge in [0.25, 0.3) is 5.91 Å². The van der Waals surface area contributed by atoms with Gasteiger partial charge in [0.05, 0.1) is 16.4 Å². The van der Waals surface area contributed by atoms with Crippen LogP contribution in [-0.4, -0.2) is 27.3 Å². The van der Waals surface area contributed by atoms with Crippen LogP contribution in [0.1, 0.15) is 21.5 Å². The fourth-order valence-corrected chi connectivity index (χ4v) is 4.70. The van der Waals surface area contributed by atoms with E-state index in [0.29, 0.717) is 11.1 Å². The van der Waals surface area contributed by atoms with Gasteiger partial charge >= 0.3 is 0 Å². The summed E-state index contributed by atoms with van der Waals surface area (Å²) in [7, 11) is 0. The quantitative estimate of drug-likeness (QED) is 0.231. The molecule has 30 heavy (non-hydrogen) atoms. The van der Waals surface area contributed by atoms with Crippen LogP contribution in [0.5, 0.6) is 11.5 Å². The maximum atomic E-state index is 12.2. The smallest absolute Gasteiger partial charge is 0.271 e. The molecule has 0 fully saturated rings. The summed E-state index contributed by atoms with van der Waals surface area (Å²) < 4.78 is 2.19. The van der Waals surface area contributed by atoms with Gasteiger partial charge in [-0.2, -0.15) is 5.10 Å². The second-order valence-electron chi connectivity index (χ2n) is 6.38. The van der Waals surface area contributed by atoms with E-state index in [1.54, 1.807) is 35.2 Å². The van der Waals surface area contributed by atoms with Gasteiger partial charge < -0.3 is 10.2 Å². The minimum Gasteiger partial charge on any atom is -0.508 e. The highest BCUT2D eigenvalue weighted by Gasteiger charge is 2.07. The Hall–Kier alpha value is -3.36. The van der Waals surface area contributed by atoms with Crippen molar-refractivity contribution in [3.63, 3.8) is 0 Å². The van der Waals surface area contributed by atoms with E-state index in [4.69, 9.17) is 0 Å². The van der Waals surface area contributed by atoms with Gasteiger partial charge in [-0.25, -0.2) is 10.4 Å². The molecule has 0 unspecified atom stereocenters. The number of rotatable bonds is 6. The van der Waals surface area contributed by atoms with Gasteiger partial charge in [-0.05, 0) is 42.0 Å². The molecular formula is C22H17N3O3S2. The molecule has 4 rings (SSSR count). The van der Waals surface area contributed by atoms with Crippen LogP contribution in [0.3, 0.4) is 0 Å². The van der Waals surface area contributed by atoms with Crippen molar-refractivity contribution in [3.8, 4) is 11.5 Å². The Balaban J connectivity index is 1.33. The van der Waals surface area contributed by atoms with E-state index in [1.165, 1.54) is 29.1 Å². The number of benzene rings is 3. The summed E-state index contributed by atoms with van der Waals surface area (Å²) >= 11 is 3.34. The van der Waals surface area contributed by atoms with E-state index in [-0.39, 0.29) is 17.4 Å². The number of thioether (sulfide) groups is 1. The summed E-state index contributed by atoms with van der Waals surface area (Å²) in [6.07, 6.45) is 1.32. The molecule has 0 saturated heterocycles. The predicted molar refractivity (Wildman–Crippen MR) is 120 cm³/mol. The third kappa shape index (κ3) is 4.79. The van der Waals surface area contributed by atoms with E-state index in [0.717, 1.165) is 21.2 Å². The second kappa shape index (κ2) is 8.98. The molecule has 150 valence electrons. The zero-order valence-corrected chi connectivity index (χ0v) is 17.3. The number of amides is 1. The van der Waals surface area contributed by atoms with E-state index in [2.05, 4.69) is 21.6 Å². The van der Waals surface area contributed by atoms with Gasteiger partial charge in [0.15, 0.2) is 4.34 Å². The highest BCUT2D eigenvalue weighted by Crippen LogP contribution is 2.31. The fourth-order valence-electron chi connectivity index (χ4n) is 2.68. The predicted octanol–water partition coefficient (Wildman–Crippen LogP) is 4.76. The maximum absolute atomic E-state index is 12.2. The Kier molecular flexibility index (Phi) is 5.97. The first-order chi connectivity index (χ1) is 14.6. The van der Waals surface area contributed by atoms with Crippen LogP contribution in [0.25, 0.3) is 10.2 Å². The number of fused-ring (bicyclic) bond motifs is 1. The standard InChI is InChI=1S/C22H17N3O3S2/c26-17-10-9-16(19(27)11-17)12-23-25-21(28)15-7-5-14(6-8-15)13-29-22-24-18-3-1-2-4-20(18)30-22/h1-12,26-27H,13H2,(H,25,28)/b23-12+. The van der Waals surface area contributed by atoms with Crippen molar-refractivity contribution in [1.82, 2.24) is 10.4 Å². The second-order valence-corrected chi connectivity index (χ2v) is 8.63. The van der Waals surface area contributed by atoms with Gasteiger partial charge in [-0.1, -0.05) is 36.0 Å². The third-order valence-electron chi connectivity index (χ3n) is 4.24. The fraction of sp³-hybridized carbons (Fsp3) is 0.0455. The molecule has 0 aliphatic rings. The third-order valence-corrected chi connectivity index (χ3v) is 6.49. The van der Waals surface area contributed by atoms with Crippen molar-refractivity contribution in [2.24, 2.45) is 5.10 Å². The summed E-state index contributed by atoms with van der Waals surface area (Å²) in [6.45, 7) is 0. The largest absolute Gasteiger partial charge is 0.508 e. The number of para-hydroxylation sites is 1. The number of hydrogen-bond acceptors (Lipinski definition) is 7. The molecule has 0 aliphatic heterocycles. The van der Waals surface area contributed by atoms with Crippen molar-refractivity contribution < 1.29 is 15.0 Å². The van der Waals surface area contributed by atoms with Crippen LogP contribution in [0.4, 0.5) is 0 Å². The van der Waals surface area contributed by atoms with Crippen molar-refractivity contribution in [3.05, 3.63) is 83.4 Å². The van der Waals surface area contributed by atoms with Gasteiger partial charge in [-0.3, -0.25) is 4.79 Å². The van der Waals surface area contributed by atoms with Crippen molar-refractivity contribution >= 4 is 45.4 Å². The number of carbonyl (C=O) groups is 1. The first-order valence-electron chi connectivity index (χ1n) is 9.01. The lowest BCUT2D eigenvalue weighted by Gasteiger charge is -2.03. The van der Waals surface area contributed by atoms with Crippen molar-refractivity contribution in [1.29, 1.82) is 0 Å². The monoisotopic (exact) mass is 435 g/mol. The Morgan fingerprint density at radius 1 is 1.10 bits per heavy atom. The maximum Gasteiger partial charge on any atom is 0.271 e. The zero-order valence-electron chi connectivity index (χ0n) is 15.6. The number of hydrazone groups is 1. The van der Waals surface area contributed by atoms with E-state index in [9.17, 15) is 15.0 Å². The number of carbonyl (C=O) groups excluding carboxylic acids is 1. The molecule has 6 nitrogen and oxygen atoms in total. The lowest BCUT2D eigenvalue weighted by molar-refractivity contribution is 0.0955. The van der Waals surface area contributed by atoms with Crippen molar-refractivity contribution in [2.75, 3.05) is 0 Å². The van der Waals surface area contributed by atoms with Crippen LogP contribution >= 0.6 is 23.1 Å². The molecule has 1 amide bonds. The molecule has 8 heteroatoms. The van der Waals surface area contributed by atoms with Crippen LogP contribution in [0.15, 0.2) is 76.2 Å². The number of hydrogen-bond donors (Lipinski definition) is 3. The summed E-state index contributed by atoms with van der Waals surface area (Å²) in [4.78, 5) is 16.8. The van der Waals surface area contributed by atoms with Crippen LogP contribution in [0.2, 0.25) is 0 Å². The molecule has 4 aromatic rings. The molecular weight excluding hydrogens is 418 g/mol. The number of phenols is 2. The molecule has 0 aliphatic carbocycles. The first-order valence-corrected chi connectivity index (χ1v) is 10.8. The van der Waals surface area contributed by atoms with Gasteiger partial charge in [0.1, 0.15) is 11.5 Å². The molecule has 0 atom stereocenters. The first kappa shape index (κ1) is 19.9. The number of nitrogens with zero attached hydrogens (tertiary/aromatic N) is 2. The summed E-state index contributed by atoms with van der Waals surface area (Å²) in [5.41, 5.74) is 5.39. The lowest BCUT2D eigenvalue weighted by Crippen LogP contribution is -2.17. The molecule has 0 spiro atoms. The van der Waals surface area contributed by atoms with E-state index < -0.39 is 0 Å². The Labute approximate surface area is 180 Å². The highest BCUT2D eigenvalue weighted by molar-refractivity contribution is 8.00.